The first kappa shape index (κ1) is 13.8. The largest absolute Gasteiger partial charge is 0.357 e. The Morgan fingerprint density at radius 1 is 1.37 bits per heavy atom. The summed E-state index contributed by atoms with van der Waals surface area (Å²) in [6, 6.07) is 0.366. The Morgan fingerprint density at radius 3 is 2.95 bits per heavy atom. The second-order valence-corrected chi connectivity index (χ2v) is 5.14. The molecule has 1 aromatic rings. The minimum absolute atomic E-state index is 0.366. The highest BCUT2D eigenvalue weighted by Crippen LogP contribution is 2.14. The maximum absolute atomic E-state index is 4.58. The van der Waals surface area contributed by atoms with E-state index in [1.807, 2.05) is 0 Å². The molecule has 0 unspecified atom stereocenters. The van der Waals surface area contributed by atoms with E-state index in [-0.39, 0.29) is 0 Å². The highest BCUT2D eigenvalue weighted by molar-refractivity contribution is 5.79. The maximum atomic E-state index is 4.58. The smallest absolute Gasteiger partial charge is 0.191 e. The summed E-state index contributed by atoms with van der Waals surface area (Å²) >= 11 is 0. The number of rotatable bonds is 4. The molecule has 6 nitrogen and oxygen atoms in total. The summed E-state index contributed by atoms with van der Waals surface area (Å²) in [5.41, 5.74) is 0. The molecule has 0 fully saturated rings. The van der Waals surface area contributed by atoms with Crippen molar-refractivity contribution in [3.05, 3.63) is 11.6 Å². The molecular weight excluding hydrogens is 240 g/mol. The van der Waals surface area contributed by atoms with E-state index in [1.165, 1.54) is 12.8 Å². The Morgan fingerprint density at radius 2 is 2.21 bits per heavy atom. The molecule has 0 saturated carbocycles. The van der Waals surface area contributed by atoms with Gasteiger partial charge in [-0.3, -0.25) is 0 Å². The highest BCUT2D eigenvalue weighted by atomic mass is 15.3. The number of nitrogens with zero attached hydrogens (tertiary/aromatic N) is 4. The topological polar surface area (TPSA) is 67.1 Å². The molecule has 19 heavy (non-hydrogen) atoms. The summed E-state index contributed by atoms with van der Waals surface area (Å²) in [5, 5.41) is 15.0. The lowest BCUT2D eigenvalue weighted by molar-refractivity contribution is 0.508. The molecule has 1 aliphatic rings. The third-order valence-electron chi connectivity index (χ3n) is 3.08. The summed E-state index contributed by atoms with van der Waals surface area (Å²) in [4.78, 5) is 4.58. The summed E-state index contributed by atoms with van der Waals surface area (Å²) < 4.78 is 2.21. The van der Waals surface area contributed by atoms with Gasteiger partial charge in [0.05, 0.1) is 0 Å². The van der Waals surface area contributed by atoms with Crippen molar-refractivity contribution in [2.24, 2.45) is 4.99 Å². The van der Waals surface area contributed by atoms with E-state index < -0.39 is 0 Å². The van der Waals surface area contributed by atoms with Crippen LogP contribution in [0.15, 0.2) is 4.99 Å². The van der Waals surface area contributed by atoms with Crippen molar-refractivity contribution in [1.82, 2.24) is 25.4 Å². The van der Waals surface area contributed by atoms with Gasteiger partial charge in [-0.1, -0.05) is 0 Å². The number of hydrogen-bond donors (Lipinski definition) is 2. The lowest BCUT2D eigenvalue weighted by Gasteiger charge is -2.15. The Kier molecular flexibility index (Phi) is 4.76. The van der Waals surface area contributed by atoms with Gasteiger partial charge in [0.1, 0.15) is 12.4 Å². The first-order valence-corrected chi connectivity index (χ1v) is 7.16. The molecule has 0 aliphatic carbocycles. The quantitative estimate of drug-likeness (QED) is 0.631. The Bertz CT molecular complexity index is 434. The predicted octanol–water partition coefficient (Wildman–Crippen LogP) is 1.08. The molecule has 1 aromatic heterocycles. The van der Waals surface area contributed by atoms with E-state index in [2.05, 4.69) is 51.2 Å². The second kappa shape index (κ2) is 6.54. The highest BCUT2D eigenvalue weighted by Gasteiger charge is 2.15. The monoisotopic (exact) mass is 264 g/mol. The average Bonchev–Trinajstić information content (AvgIpc) is 2.79. The van der Waals surface area contributed by atoms with Crippen LogP contribution in [0.5, 0.6) is 0 Å². The molecule has 0 saturated heterocycles. The molecule has 2 N–H and O–H groups in total. The molecule has 0 spiro atoms. The van der Waals surface area contributed by atoms with Crippen LogP contribution in [0.25, 0.3) is 0 Å². The van der Waals surface area contributed by atoms with Crippen LogP contribution in [0.4, 0.5) is 0 Å². The van der Waals surface area contributed by atoms with E-state index in [0.717, 1.165) is 37.1 Å². The molecular formula is C13H24N6. The van der Waals surface area contributed by atoms with E-state index in [1.54, 1.807) is 0 Å². The van der Waals surface area contributed by atoms with Crippen LogP contribution in [0.3, 0.4) is 0 Å². The zero-order valence-corrected chi connectivity index (χ0v) is 12.1. The standard InChI is InChI=1S/C13H24N6/c1-4-14-13(16-10(2)3)15-9-12-18-17-11-7-5-6-8-19(11)12/h10H,4-9H2,1-3H3,(H2,14,15,16). The predicted molar refractivity (Wildman–Crippen MR) is 76.0 cm³/mol. The average molecular weight is 264 g/mol. The van der Waals surface area contributed by atoms with Crippen LogP contribution >= 0.6 is 0 Å². The number of aliphatic imine (C=N–C) groups is 1. The molecule has 0 amide bonds. The van der Waals surface area contributed by atoms with E-state index in [9.17, 15) is 0 Å². The van der Waals surface area contributed by atoms with Gasteiger partial charge < -0.3 is 15.2 Å². The normalized spacial score (nSPS) is 15.5. The lowest BCUT2D eigenvalue weighted by Crippen LogP contribution is -2.41. The van der Waals surface area contributed by atoms with Gasteiger partial charge in [0.2, 0.25) is 0 Å². The maximum Gasteiger partial charge on any atom is 0.191 e. The van der Waals surface area contributed by atoms with Crippen molar-refractivity contribution < 1.29 is 0 Å². The molecule has 2 heterocycles. The van der Waals surface area contributed by atoms with Gasteiger partial charge in [-0.2, -0.15) is 0 Å². The molecule has 2 rings (SSSR count). The van der Waals surface area contributed by atoms with Crippen LogP contribution in [0.1, 0.15) is 45.3 Å². The Balaban J connectivity index is 2.04. The Hall–Kier alpha value is -1.59. The van der Waals surface area contributed by atoms with Gasteiger partial charge in [0.25, 0.3) is 0 Å². The minimum atomic E-state index is 0.366. The van der Waals surface area contributed by atoms with Gasteiger partial charge in [-0.25, -0.2) is 4.99 Å². The van der Waals surface area contributed by atoms with Crippen molar-refractivity contribution in [3.63, 3.8) is 0 Å². The first-order chi connectivity index (χ1) is 9.20. The number of guanidine groups is 1. The van der Waals surface area contributed by atoms with Crippen molar-refractivity contribution >= 4 is 5.96 Å². The van der Waals surface area contributed by atoms with Gasteiger partial charge in [-0.15, -0.1) is 10.2 Å². The fourth-order valence-electron chi connectivity index (χ4n) is 2.23. The third kappa shape index (κ3) is 3.68. The molecule has 0 radical (unpaired) electrons. The molecule has 6 heteroatoms. The molecule has 1 aliphatic heterocycles. The Labute approximate surface area is 114 Å². The number of hydrogen-bond acceptors (Lipinski definition) is 3. The second-order valence-electron chi connectivity index (χ2n) is 5.14. The van der Waals surface area contributed by atoms with Crippen LogP contribution < -0.4 is 10.6 Å². The lowest BCUT2D eigenvalue weighted by atomic mass is 10.2. The van der Waals surface area contributed by atoms with Crippen LogP contribution in [-0.2, 0) is 19.5 Å². The van der Waals surface area contributed by atoms with Crippen LogP contribution in [0, 0.1) is 0 Å². The molecule has 106 valence electrons. The van der Waals surface area contributed by atoms with Gasteiger partial charge in [0.15, 0.2) is 11.8 Å². The van der Waals surface area contributed by atoms with Gasteiger partial charge in [-0.05, 0) is 33.6 Å². The van der Waals surface area contributed by atoms with E-state index in [0.29, 0.717) is 12.6 Å². The zero-order valence-electron chi connectivity index (χ0n) is 12.1. The van der Waals surface area contributed by atoms with Crippen molar-refractivity contribution in [3.8, 4) is 0 Å². The van der Waals surface area contributed by atoms with Gasteiger partial charge >= 0.3 is 0 Å². The fourth-order valence-corrected chi connectivity index (χ4v) is 2.23. The molecule has 0 bridgehead atoms. The van der Waals surface area contributed by atoms with E-state index in [4.69, 9.17) is 0 Å². The van der Waals surface area contributed by atoms with Gasteiger partial charge in [0, 0.05) is 25.6 Å². The SMILES string of the molecule is CCNC(=NCc1nnc2n1CCCC2)NC(C)C. The van der Waals surface area contributed by atoms with Crippen molar-refractivity contribution in [2.45, 2.75) is 59.2 Å². The molecule has 0 atom stereocenters. The summed E-state index contributed by atoms with van der Waals surface area (Å²) in [6.45, 7) is 8.74. The number of fused-ring (bicyclic) bond motifs is 1. The van der Waals surface area contributed by atoms with E-state index >= 15 is 0 Å². The first-order valence-electron chi connectivity index (χ1n) is 7.16. The van der Waals surface area contributed by atoms with Crippen molar-refractivity contribution in [2.75, 3.05) is 6.54 Å². The number of nitrogens with one attached hydrogen (secondary N) is 2. The number of aromatic nitrogens is 3. The zero-order chi connectivity index (χ0) is 13.7. The van der Waals surface area contributed by atoms with Crippen LogP contribution in [-0.4, -0.2) is 33.3 Å². The summed E-state index contributed by atoms with van der Waals surface area (Å²) in [5.74, 6) is 2.92. The van der Waals surface area contributed by atoms with Crippen LogP contribution in [0.2, 0.25) is 0 Å². The molecule has 0 aromatic carbocycles. The third-order valence-corrected chi connectivity index (χ3v) is 3.08. The number of aryl methyl sites for hydroxylation is 1. The minimum Gasteiger partial charge on any atom is -0.357 e. The summed E-state index contributed by atoms with van der Waals surface area (Å²) in [6.07, 6.45) is 3.48. The fraction of sp³-hybridized carbons (Fsp3) is 0.769. The van der Waals surface area contributed by atoms with Crippen molar-refractivity contribution in [1.29, 1.82) is 0 Å². The summed E-state index contributed by atoms with van der Waals surface area (Å²) in [7, 11) is 0.